The van der Waals surface area contributed by atoms with Gasteiger partial charge in [0.05, 0.1) is 25.4 Å². The largest absolute Gasteiger partial charge is 0.466 e. The first-order chi connectivity index (χ1) is 32.5. The molecule has 0 bridgehead atoms. The van der Waals surface area contributed by atoms with Crippen LogP contribution >= 0.6 is 0 Å². The fourth-order valence-electron chi connectivity index (χ4n) is 9.20. The van der Waals surface area contributed by atoms with Crippen LogP contribution in [0.15, 0.2) is 24.3 Å². The highest BCUT2D eigenvalue weighted by molar-refractivity contribution is 5.76. The molecule has 3 N–H and O–H groups in total. The molecular formula is C60H115NO5. The maximum Gasteiger partial charge on any atom is 0.305 e. The average Bonchev–Trinajstić information content (AvgIpc) is 3.32. The first-order valence-electron chi connectivity index (χ1n) is 29.6. The van der Waals surface area contributed by atoms with E-state index in [4.69, 9.17) is 4.74 Å². The van der Waals surface area contributed by atoms with Gasteiger partial charge in [0.2, 0.25) is 5.91 Å². The molecule has 6 nitrogen and oxygen atoms in total. The fraction of sp³-hybridized carbons (Fsp3) is 0.900. The van der Waals surface area contributed by atoms with Gasteiger partial charge in [0, 0.05) is 12.8 Å². The molecular weight excluding hydrogens is 815 g/mol. The zero-order chi connectivity index (χ0) is 47.9. The molecule has 0 fully saturated rings. The maximum atomic E-state index is 12.5. The maximum absolute atomic E-state index is 12.5. The van der Waals surface area contributed by atoms with Gasteiger partial charge >= 0.3 is 5.97 Å². The van der Waals surface area contributed by atoms with E-state index >= 15 is 0 Å². The van der Waals surface area contributed by atoms with E-state index in [9.17, 15) is 19.8 Å². The molecule has 0 spiro atoms. The zero-order valence-corrected chi connectivity index (χ0v) is 44.4. The number of rotatable bonds is 55. The third kappa shape index (κ3) is 51.7. The molecule has 0 heterocycles. The van der Waals surface area contributed by atoms with E-state index in [-0.39, 0.29) is 18.5 Å². The lowest BCUT2D eigenvalue weighted by Gasteiger charge is -2.22. The summed E-state index contributed by atoms with van der Waals surface area (Å²) < 4.78 is 5.48. The normalized spacial score (nSPS) is 12.7. The van der Waals surface area contributed by atoms with Crippen molar-refractivity contribution >= 4 is 11.9 Å². The summed E-state index contributed by atoms with van der Waals surface area (Å²) in [5.41, 5.74) is 0. The number of aliphatic hydroxyl groups is 2. The second kappa shape index (κ2) is 55.9. The van der Waals surface area contributed by atoms with Crippen LogP contribution in [0.25, 0.3) is 0 Å². The molecule has 0 rings (SSSR count). The summed E-state index contributed by atoms with van der Waals surface area (Å²) in [6.45, 7) is 4.93. The highest BCUT2D eigenvalue weighted by Gasteiger charge is 2.20. The van der Waals surface area contributed by atoms with Gasteiger partial charge in [-0.25, -0.2) is 0 Å². The second-order valence-electron chi connectivity index (χ2n) is 20.3. The fourth-order valence-corrected chi connectivity index (χ4v) is 9.20. The Morgan fingerprint density at radius 1 is 0.424 bits per heavy atom. The topological polar surface area (TPSA) is 95.9 Å². The van der Waals surface area contributed by atoms with Gasteiger partial charge in [-0.05, 0) is 57.8 Å². The number of carbonyl (C=O) groups is 2. The highest BCUT2D eigenvalue weighted by Crippen LogP contribution is 2.17. The summed E-state index contributed by atoms with van der Waals surface area (Å²) >= 11 is 0. The molecule has 0 aliphatic carbocycles. The minimum Gasteiger partial charge on any atom is -0.466 e. The summed E-state index contributed by atoms with van der Waals surface area (Å²) in [4.78, 5) is 24.5. The van der Waals surface area contributed by atoms with Gasteiger partial charge in [-0.3, -0.25) is 9.59 Å². The van der Waals surface area contributed by atoms with Crippen LogP contribution in [0.5, 0.6) is 0 Å². The van der Waals surface area contributed by atoms with E-state index in [1.165, 1.54) is 238 Å². The minimum atomic E-state index is -0.668. The van der Waals surface area contributed by atoms with Crippen LogP contribution < -0.4 is 5.32 Å². The molecule has 0 aromatic rings. The van der Waals surface area contributed by atoms with Crippen molar-refractivity contribution in [2.24, 2.45) is 0 Å². The lowest BCUT2D eigenvalue weighted by Crippen LogP contribution is -2.45. The van der Waals surface area contributed by atoms with Crippen molar-refractivity contribution in [1.82, 2.24) is 5.32 Å². The Morgan fingerprint density at radius 2 is 0.758 bits per heavy atom. The van der Waals surface area contributed by atoms with Gasteiger partial charge in [-0.1, -0.05) is 276 Å². The number of ether oxygens (including phenoxy) is 1. The van der Waals surface area contributed by atoms with Gasteiger partial charge in [0.25, 0.3) is 0 Å². The Hall–Kier alpha value is -1.66. The monoisotopic (exact) mass is 930 g/mol. The Kier molecular flexibility index (Phi) is 54.5. The average molecular weight is 931 g/mol. The Balaban J connectivity index is 3.41. The smallest absolute Gasteiger partial charge is 0.305 e. The molecule has 2 unspecified atom stereocenters. The standard InChI is InChI=1S/C60H115NO5/c1-3-5-7-9-11-13-15-17-19-21-26-30-34-38-42-46-50-54-60(65)66-55-51-47-43-39-35-31-27-23-20-22-25-29-33-37-41-45-49-53-59(64)61-57(56-62)58(63)52-48-44-40-36-32-28-24-18-16-14-12-10-8-6-4-2/h11,13,17,19,57-58,62-63H,3-10,12,14-16,18,20-56H2,1-2H3,(H,61,64)/b13-11-,19-17-. The van der Waals surface area contributed by atoms with Crippen molar-refractivity contribution < 1.29 is 24.5 Å². The molecule has 2 atom stereocenters. The molecule has 0 aromatic heterocycles. The van der Waals surface area contributed by atoms with Crippen LogP contribution in [-0.4, -0.2) is 47.4 Å². The lowest BCUT2D eigenvalue weighted by molar-refractivity contribution is -0.143. The number of allylic oxidation sites excluding steroid dienone is 4. The summed E-state index contributed by atoms with van der Waals surface area (Å²) in [5, 5.41) is 23.3. The van der Waals surface area contributed by atoms with E-state index < -0.39 is 12.1 Å². The molecule has 6 heteroatoms. The summed E-state index contributed by atoms with van der Waals surface area (Å²) in [6, 6.07) is -0.545. The Morgan fingerprint density at radius 3 is 1.18 bits per heavy atom. The van der Waals surface area contributed by atoms with E-state index in [1.807, 2.05) is 0 Å². The molecule has 390 valence electrons. The number of unbranched alkanes of at least 4 members (excludes halogenated alkanes) is 40. The van der Waals surface area contributed by atoms with Crippen LogP contribution in [0.2, 0.25) is 0 Å². The van der Waals surface area contributed by atoms with Crippen LogP contribution in [-0.2, 0) is 14.3 Å². The molecule has 0 saturated heterocycles. The number of aliphatic hydroxyl groups excluding tert-OH is 2. The van der Waals surface area contributed by atoms with E-state index in [0.29, 0.717) is 25.9 Å². The molecule has 0 saturated carbocycles. The predicted octanol–water partition coefficient (Wildman–Crippen LogP) is 18.2. The molecule has 66 heavy (non-hydrogen) atoms. The van der Waals surface area contributed by atoms with E-state index in [1.54, 1.807) is 0 Å². The van der Waals surface area contributed by atoms with Crippen LogP contribution in [0.3, 0.4) is 0 Å². The Labute approximate surface area is 411 Å². The van der Waals surface area contributed by atoms with Gasteiger partial charge in [-0.15, -0.1) is 0 Å². The number of hydrogen-bond acceptors (Lipinski definition) is 5. The van der Waals surface area contributed by atoms with Gasteiger partial charge in [0.15, 0.2) is 0 Å². The van der Waals surface area contributed by atoms with Crippen molar-refractivity contribution in [2.75, 3.05) is 13.2 Å². The number of hydrogen-bond donors (Lipinski definition) is 3. The van der Waals surface area contributed by atoms with Crippen LogP contribution in [0.1, 0.15) is 322 Å². The van der Waals surface area contributed by atoms with Crippen LogP contribution in [0, 0.1) is 0 Å². The molecule has 0 aromatic carbocycles. The van der Waals surface area contributed by atoms with E-state index in [0.717, 1.165) is 51.4 Å². The van der Waals surface area contributed by atoms with Crippen molar-refractivity contribution in [3.8, 4) is 0 Å². The number of nitrogens with one attached hydrogen (secondary N) is 1. The highest BCUT2D eigenvalue weighted by atomic mass is 16.5. The molecule has 0 aliphatic rings. The summed E-state index contributed by atoms with van der Waals surface area (Å²) in [7, 11) is 0. The van der Waals surface area contributed by atoms with Crippen molar-refractivity contribution in [2.45, 2.75) is 334 Å². The molecule has 0 radical (unpaired) electrons. The minimum absolute atomic E-state index is 0.00196. The first-order valence-corrected chi connectivity index (χ1v) is 29.6. The molecule has 0 aliphatic heterocycles. The first kappa shape index (κ1) is 64.3. The number of esters is 1. The summed E-state index contributed by atoms with van der Waals surface area (Å²) in [5.74, 6) is -0.0409. The van der Waals surface area contributed by atoms with Crippen LogP contribution in [0.4, 0.5) is 0 Å². The predicted molar refractivity (Wildman–Crippen MR) is 287 cm³/mol. The third-order valence-corrected chi connectivity index (χ3v) is 13.8. The lowest BCUT2D eigenvalue weighted by atomic mass is 10.0. The van der Waals surface area contributed by atoms with Gasteiger partial charge in [0.1, 0.15) is 0 Å². The van der Waals surface area contributed by atoms with Crippen molar-refractivity contribution in [3.05, 3.63) is 24.3 Å². The second-order valence-corrected chi connectivity index (χ2v) is 20.3. The quantitative estimate of drug-likeness (QED) is 0.0321. The van der Waals surface area contributed by atoms with Crippen molar-refractivity contribution in [3.63, 3.8) is 0 Å². The SMILES string of the molecule is CCCCC/C=C\C/C=C\CCCCCCCCCC(=O)OCCCCCCCCCCCCCCCCCCCC(=O)NC(CO)C(O)CCCCCCCCCCCCCCCCC. The molecule has 1 amide bonds. The number of amides is 1. The van der Waals surface area contributed by atoms with E-state index in [2.05, 4.69) is 43.5 Å². The third-order valence-electron chi connectivity index (χ3n) is 13.8. The van der Waals surface area contributed by atoms with Crippen molar-refractivity contribution in [1.29, 1.82) is 0 Å². The summed E-state index contributed by atoms with van der Waals surface area (Å²) in [6.07, 6.45) is 67.4. The zero-order valence-electron chi connectivity index (χ0n) is 44.4. The van der Waals surface area contributed by atoms with Gasteiger partial charge < -0.3 is 20.3 Å². The Bertz CT molecular complexity index is 1030. The van der Waals surface area contributed by atoms with Gasteiger partial charge in [-0.2, -0.15) is 0 Å². The number of carbonyl (C=O) groups excluding carboxylic acids is 2.